The van der Waals surface area contributed by atoms with Gasteiger partial charge in [0.2, 0.25) is 11.8 Å². The molecule has 0 unspecified atom stereocenters. The van der Waals surface area contributed by atoms with Crippen LogP contribution in [0.15, 0.2) is 24.3 Å². The number of nitrogens with one attached hydrogen (secondary N) is 1. The largest absolute Gasteiger partial charge is 0.497 e. The van der Waals surface area contributed by atoms with E-state index in [9.17, 15) is 14.7 Å². The second-order valence-corrected chi connectivity index (χ2v) is 6.25. The number of benzene rings is 1. The highest BCUT2D eigenvalue weighted by Crippen LogP contribution is 2.28. The second kappa shape index (κ2) is 7.63. The van der Waals surface area contributed by atoms with E-state index >= 15 is 0 Å². The van der Waals surface area contributed by atoms with Gasteiger partial charge in [-0.1, -0.05) is 6.07 Å². The standard InChI is InChI=1S/C17H24N2O5/c1-17(22,11-23-2)10-18-16(21)12-7-15(20)19(9-12)13-5-4-6-14(8-13)24-3/h4-6,8,12,22H,7,9-11H2,1-3H3,(H,18,21)/t12-,17-/m1/s1. The third-order valence-electron chi connectivity index (χ3n) is 3.96. The van der Waals surface area contributed by atoms with Crippen molar-refractivity contribution in [1.29, 1.82) is 0 Å². The van der Waals surface area contributed by atoms with Gasteiger partial charge in [-0.25, -0.2) is 0 Å². The van der Waals surface area contributed by atoms with E-state index in [-0.39, 0.29) is 31.4 Å². The van der Waals surface area contributed by atoms with Crippen LogP contribution in [0.3, 0.4) is 0 Å². The molecule has 132 valence electrons. The van der Waals surface area contributed by atoms with E-state index in [1.807, 2.05) is 6.07 Å². The zero-order chi connectivity index (χ0) is 17.7. The number of aliphatic hydroxyl groups is 1. The van der Waals surface area contributed by atoms with Crippen LogP contribution >= 0.6 is 0 Å². The Hall–Kier alpha value is -2.12. The summed E-state index contributed by atoms with van der Waals surface area (Å²) in [6, 6.07) is 7.18. The Kier molecular flexibility index (Phi) is 5.80. The lowest BCUT2D eigenvalue weighted by atomic mass is 10.1. The molecule has 0 spiro atoms. The van der Waals surface area contributed by atoms with Crippen LogP contribution < -0.4 is 15.0 Å². The quantitative estimate of drug-likeness (QED) is 0.760. The number of hydrogen-bond donors (Lipinski definition) is 2. The Labute approximate surface area is 141 Å². The van der Waals surface area contributed by atoms with Gasteiger partial charge in [0.05, 0.1) is 19.6 Å². The zero-order valence-electron chi connectivity index (χ0n) is 14.2. The van der Waals surface area contributed by atoms with Gasteiger partial charge < -0.3 is 24.8 Å². The molecule has 1 aromatic carbocycles. The lowest BCUT2D eigenvalue weighted by Crippen LogP contribution is -2.45. The Morgan fingerprint density at radius 3 is 2.88 bits per heavy atom. The highest BCUT2D eigenvalue weighted by molar-refractivity contribution is 6.00. The van der Waals surface area contributed by atoms with E-state index < -0.39 is 11.5 Å². The van der Waals surface area contributed by atoms with Gasteiger partial charge in [-0.3, -0.25) is 9.59 Å². The number of anilines is 1. The number of carbonyl (C=O) groups is 2. The fourth-order valence-electron chi connectivity index (χ4n) is 2.69. The summed E-state index contributed by atoms with van der Waals surface area (Å²) in [5.41, 5.74) is -0.430. The van der Waals surface area contributed by atoms with Crippen molar-refractivity contribution in [1.82, 2.24) is 5.32 Å². The van der Waals surface area contributed by atoms with Crippen molar-refractivity contribution in [2.75, 3.05) is 38.8 Å². The minimum Gasteiger partial charge on any atom is -0.497 e. The third-order valence-corrected chi connectivity index (χ3v) is 3.96. The van der Waals surface area contributed by atoms with Crippen molar-refractivity contribution in [3.05, 3.63) is 24.3 Å². The van der Waals surface area contributed by atoms with Crippen molar-refractivity contribution >= 4 is 17.5 Å². The molecule has 0 aliphatic carbocycles. The molecular formula is C17H24N2O5. The maximum atomic E-state index is 12.3. The van der Waals surface area contributed by atoms with Crippen LogP contribution in [-0.2, 0) is 14.3 Å². The van der Waals surface area contributed by atoms with Crippen molar-refractivity contribution in [3.8, 4) is 5.75 Å². The van der Waals surface area contributed by atoms with Crippen LogP contribution in [0, 0.1) is 5.92 Å². The van der Waals surface area contributed by atoms with Crippen LogP contribution in [0.2, 0.25) is 0 Å². The summed E-state index contributed by atoms with van der Waals surface area (Å²) in [5, 5.41) is 12.7. The molecule has 0 aromatic heterocycles. The van der Waals surface area contributed by atoms with Gasteiger partial charge >= 0.3 is 0 Å². The molecule has 1 aliphatic rings. The summed E-state index contributed by atoms with van der Waals surface area (Å²) >= 11 is 0. The van der Waals surface area contributed by atoms with Gasteiger partial charge in [-0.15, -0.1) is 0 Å². The zero-order valence-corrected chi connectivity index (χ0v) is 14.2. The van der Waals surface area contributed by atoms with Gasteiger partial charge in [0, 0.05) is 38.4 Å². The minimum atomic E-state index is -1.14. The Balaban J connectivity index is 1.97. The van der Waals surface area contributed by atoms with E-state index in [4.69, 9.17) is 9.47 Å². The average molecular weight is 336 g/mol. The first-order chi connectivity index (χ1) is 11.4. The molecule has 7 nitrogen and oxygen atoms in total. The predicted octanol–water partition coefficient (Wildman–Crippen LogP) is 0.562. The van der Waals surface area contributed by atoms with Crippen LogP contribution in [0.4, 0.5) is 5.69 Å². The molecule has 2 amide bonds. The normalized spacial score (nSPS) is 19.9. The fourth-order valence-corrected chi connectivity index (χ4v) is 2.69. The Morgan fingerprint density at radius 1 is 1.46 bits per heavy atom. The van der Waals surface area contributed by atoms with Crippen molar-refractivity contribution < 1.29 is 24.2 Å². The van der Waals surface area contributed by atoms with Gasteiger partial charge in [0.25, 0.3) is 0 Å². The molecule has 0 bridgehead atoms. The fraction of sp³-hybridized carbons (Fsp3) is 0.529. The summed E-state index contributed by atoms with van der Waals surface area (Å²) in [6.07, 6.45) is 0.148. The summed E-state index contributed by atoms with van der Waals surface area (Å²) in [4.78, 5) is 26.1. The summed E-state index contributed by atoms with van der Waals surface area (Å²) in [5.74, 6) is -0.136. The molecule has 1 aromatic rings. The van der Waals surface area contributed by atoms with Crippen LogP contribution in [0.5, 0.6) is 5.75 Å². The number of amides is 2. The molecule has 1 saturated heterocycles. The molecule has 0 saturated carbocycles. The first-order valence-corrected chi connectivity index (χ1v) is 7.80. The lowest BCUT2D eigenvalue weighted by molar-refractivity contribution is -0.127. The smallest absolute Gasteiger partial charge is 0.227 e. The van der Waals surface area contributed by atoms with E-state index in [1.165, 1.54) is 7.11 Å². The molecule has 1 aliphatic heterocycles. The molecule has 2 rings (SSSR count). The SMILES string of the molecule is COC[C@](C)(O)CNC(=O)[C@@H]1CC(=O)N(c2cccc(OC)c2)C1. The van der Waals surface area contributed by atoms with E-state index in [0.29, 0.717) is 18.0 Å². The monoisotopic (exact) mass is 336 g/mol. The first-order valence-electron chi connectivity index (χ1n) is 7.80. The molecule has 24 heavy (non-hydrogen) atoms. The van der Waals surface area contributed by atoms with Gasteiger partial charge in [-0.05, 0) is 19.1 Å². The molecular weight excluding hydrogens is 312 g/mol. The third kappa shape index (κ3) is 4.46. The number of methoxy groups -OCH3 is 2. The summed E-state index contributed by atoms with van der Waals surface area (Å²) in [6.45, 7) is 2.08. The maximum absolute atomic E-state index is 12.3. The number of ether oxygens (including phenoxy) is 2. The highest BCUT2D eigenvalue weighted by atomic mass is 16.5. The molecule has 1 fully saturated rings. The van der Waals surface area contributed by atoms with Crippen LogP contribution in [-0.4, -0.2) is 56.4 Å². The topological polar surface area (TPSA) is 88.1 Å². The molecule has 0 radical (unpaired) electrons. The van der Waals surface area contributed by atoms with Crippen molar-refractivity contribution in [3.63, 3.8) is 0 Å². The van der Waals surface area contributed by atoms with E-state index in [0.717, 1.165) is 0 Å². The number of carbonyl (C=O) groups excluding carboxylic acids is 2. The van der Waals surface area contributed by atoms with Crippen molar-refractivity contribution in [2.45, 2.75) is 18.9 Å². The predicted molar refractivity (Wildman–Crippen MR) is 89.0 cm³/mol. The minimum absolute atomic E-state index is 0.0729. The highest BCUT2D eigenvalue weighted by Gasteiger charge is 2.35. The summed E-state index contributed by atoms with van der Waals surface area (Å²) < 4.78 is 10.1. The van der Waals surface area contributed by atoms with Gasteiger partial charge in [0.1, 0.15) is 11.4 Å². The van der Waals surface area contributed by atoms with E-state index in [2.05, 4.69) is 5.32 Å². The molecule has 2 atom stereocenters. The van der Waals surface area contributed by atoms with Crippen LogP contribution in [0.25, 0.3) is 0 Å². The molecule has 7 heteroatoms. The Bertz CT molecular complexity index is 602. The van der Waals surface area contributed by atoms with Gasteiger partial charge in [0.15, 0.2) is 0 Å². The lowest BCUT2D eigenvalue weighted by Gasteiger charge is -2.23. The number of nitrogens with zero attached hydrogens (tertiary/aromatic N) is 1. The van der Waals surface area contributed by atoms with Crippen molar-refractivity contribution in [2.24, 2.45) is 5.92 Å². The maximum Gasteiger partial charge on any atom is 0.227 e. The molecule has 2 N–H and O–H groups in total. The van der Waals surface area contributed by atoms with E-state index in [1.54, 1.807) is 37.1 Å². The second-order valence-electron chi connectivity index (χ2n) is 6.25. The Morgan fingerprint density at radius 2 is 2.21 bits per heavy atom. The average Bonchev–Trinajstić information content (AvgIpc) is 2.94. The van der Waals surface area contributed by atoms with Gasteiger partial charge in [-0.2, -0.15) is 0 Å². The first kappa shape index (κ1) is 18.2. The molecule has 1 heterocycles. The summed E-state index contributed by atoms with van der Waals surface area (Å²) in [7, 11) is 3.05. The number of hydrogen-bond acceptors (Lipinski definition) is 5. The van der Waals surface area contributed by atoms with Crippen LogP contribution in [0.1, 0.15) is 13.3 Å². The number of rotatable bonds is 7.